The van der Waals surface area contributed by atoms with Crippen molar-refractivity contribution < 1.29 is 9.63 Å². The summed E-state index contributed by atoms with van der Waals surface area (Å²) in [5, 5.41) is 3.09. The summed E-state index contributed by atoms with van der Waals surface area (Å²) in [6, 6.07) is 0. The Bertz CT molecular complexity index is 131. The van der Waals surface area contributed by atoms with Gasteiger partial charge in [0.05, 0.1) is 0 Å². The average Bonchev–Trinajstić information content (AvgIpc) is 1.91. The van der Waals surface area contributed by atoms with Crippen molar-refractivity contribution in [3.05, 3.63) is 0 Å². The van der Waals surface area contributed by atoms with Crippen LogP contribution in [-0.4, -0.2) is 17.6 Å². The van der Waals surface area contributed by atoms with Gasteiger partial charge < -0.3 is 4.84 Å². The van der Waals surface area contributed by atoms with Crippen molar-refractivity contribution >= 4 is 22.6 Å². The van der Waals surface area contributed by atoms with E-state index in [0.717, 1.165) is 0 Å². The molecule has 7 heavy (non-hydrogen) atoms. The Kier molecular flexibility index (Phi) is 0.982. The molecule has 3 nitrogen and oxygen atoms in total. The highest BCUT2D eigenvalue weighted by Gasteiger charge is 2.15. The Hall–Kier alpha value is -0.570. The molecular weight excluding hydrogens is 117 g/mol. The minimum absolute atomic E-state index is 0.00116. The van der Waals surface area contributed by atoms with Crippen LogP contribution in [0.5, 0.6) is 0 Å². The molecule has 1 aliphatic heterocycles. The lowest BCUT2D eigenvalue weighted by Gasteiger charge is -1.75. The summed E-state index contributed by atoms with van der Waals surface area (Å²) in [5.41, 5.74) is 0. The Morgan fingerprint density at radius 1 is 1.86 bits per heavy atom. The van der Waals surface area contributed by atoms with Crippen molar-refractivity contribution in [2.75, 3.05) is 6.61 Å². The van der Waals surface area contributed by atoms with E-state index < -0.39 is 0 Å². The quantitative estimate of drug-likeness (QED) is 0.455. The molecule has 4 heteroatoms. The van der Waals surface area contributed by atoms with Gasteiger partial charge in [-0.3, -0.25) is 4.79 Å². The summed E-state index contributed by atoms with van der Waals surface area (Å²) < 4.78 is 0. The first kappa shape index (κ1) is 4.59. The van der Waals surface area contributed by atoms with E-state index in [0.29, 0.717) is 0 Å². The second-order valence-corrected chi connectivity index (χ2v) is 1.44. The topological polar surface area (TPSA) is 38.7 Å². The Labute approximate surface area is 44.9 Å². The van der Waals surface area contributed by atoms with Crippen LogP contribution < -0.4 is 0 Å². The van der Waals surface area contributed by atoms with Crippen LogP contribution in [0.25, 0.3) is 0 Å². The van der Waals surface area contributed by atoms with Crippen LogP contribution in [0.4, 0.5) is 0 Å². The molecule has 1 heterocycles. The predicted molar refractivity (Wildman–Crippen MR) is 24.2 cm³/mol. The molecule has 0 aromatic rings. The van der Waals surface area contributed by atoms with Gasteiger partial charge in [0, 0.05) is 0 Å². The Morgan fingerprint density at radius 2 is 2.57 bits per heavy atom. The normalized spacial score (nSPS) is 19.0. The lowest BCUT2D eigenvalue weighted by molar-refractivity contribution is -0.114. The molecule has 0 aromatic carbocycles. The molecule has 0 amide bonds. The van der Waals surface area contributed by atoms with E-state index >= 15 is 0 Å². The molecule has 0 bridgehead atoms. The molecule has 0 N–H and O–H groups in total. The number of carbonyl (C=O) groups is 1. The van der Waals surface area contributed by atoms with Crippen molar-refractivity contribution in [2.45, 2.75) is 0 Å². The number of Topliss-reactive ketones (excluding diaryl/α,β-unsaturated/α-hetero) is 1. The summed E-state index contributed by atoms with van der Waals surface area (Å²) in [6.07, 6.45) is 0. The molecule has 0 aromatic heterocycles. The highest BCUT2D eigenvalue weighted by Crippen LogP contribution is 1.97. The molecule has 38 valence electrons. The Morgan fingerprint density at radius 3 is 2.71 bits per heavy atom. The van der Waals surface area contributed by atoms with Crippen LogP contribution in [0.3, 0.4) is 0 Å². The van der Waals surface area contributed by atoms with Crippen LogP contribution in [0.15, 0.2) is 5.16 Å². The van der Waals surface area contributed by atoms with Crippen molar-refractivity contribution in [3.8, 4) is 0 Å². The fraction of sp³-hybridized carbons (Fsp3) is 0.333. The number of rotatable bonds is 0. The molecule has 0 saturated heterocycles. The second kappa shape index (κ2) is 1.50. The molecule has 0 fully saturated rings. The third kappa shape index (κ3) is 0.718. The number of carbonyl (C=O) groups excluding carboxylic acids is 1. The standard InChI is InChI=1S/C3H2ClNO2/c4-3-2(6)1-7-5-3/h1H2. The summed E-state index contributed by atoms with van der Waals surface area (Å²) >= 11 is 5.14. The van der Waals surface area contributed by atoms with E-state index in [9.17, 15) is 4.79 Å². The summed E-state index contributed by atoms with van der Waals surface area (Å²) in [7, 11) is 0. The lowest BCUT2D eigenvalue weighted by Crippen LogP contribution is -2.03. The van der Waals surface area contributed by atoms with Gasteiger partial charge in [-0.05, 0) is 0 Å². The minimum Gasteiger partial charge on any atom is -0.386 e. The van der Waals surface area contributed by atoms with Gasteiger partial charge in [-0.1, -0.05) is 16.8 Å². The van der Waals surface area contributed by atoms with E-state index in [4.69, 9.17) is 11.6 Å². The number of halogens is 1. The van der Waals surface area contributed by atoms with Gasteiger partial charge in [-0.15, -0.1) is 0 Å². The monoisotopic (exact) mass is 119 g/mol. The van der Waals surface area contributed by atoms with Crippen molar-refractivity contribution in [1.82, 2.24) is 0 Å². The Balaban J connectivity index is 2.72. The van der Waals surface area contributed by atoms with Gasteiger partial charge in [-0.25, -0.2) is 0 Å². The summed E-state index contributed by atoms with van der Waals surface area (Å²) in [6.45, 7) is -0.00116. The van der Waals surface area contributed by atoms with Gasteiger partial charge in [-0.2, -0.15) is 0 Å². The van der Waals surface area contributed by atoms with Crippen LogP contribution in [0, 0.1) is 0 Å². The molecule has 1 rings (SSSR count). The molecule has 0 saturated carbocycles. The van der Waals surface area contributed by atoms with E-state index in [-0.39, 0.29) is 17.6 Å². The lowest BCUT2D eigenvalue weighted by atomic mass is 10.5. The van der Waals surface area contributed by atoms with Crippen molar-refractivity contribution in [3.63, 3.8) is 0 Å². The van der Waals surface area contributed by atoms with Crippen LogP contribution in [-0.2, 0) is 9.63 Å². The molecule has 0 spiro atoms. The minimum atomic E-state index is -0.248. The van der Waals surface area contributed by atoms with Gasteiger partial charge in [0.2, 0.25) is 11.0 Å². The molecule has 0 unspecified atom stereocenters. The van der Waals surface area contributed by atoms with E-state index in [1.54, 1.807) is 0 Å². The van der Waals surface area contributed by atoms with Gasteiger partial charge >= 0.3 is 0 Å². The average molecular weight is 120 g/mol. The van der Waals surface area contributed by atoms with E-state index in [2.05, 4.69) is 9.99 Å². The third-order valence-electron chi connectivity index (χ3n) is 0.570. The number of hydrogen-bond donors (Lipinski definition) is 0. The first-order chi connectivity index (χ1) is 3.30. The van der Waals surface area contributed by atoms with Crippen LogP contribution >= 0.6 is 11.6 Å². The first-order valence-corrected chi connectivity index (χ1v) is 2.07. The van der Waals surface area contributed by atoms with Gasteiger partial charge in [0.15, 0.2) is 6.61 Å². The summed E-state index contributed by atoms with van der Waals surface area (Å²) in [5.74, 6) is -0.248. The van der Waals surface area contributed by atoms with Crippen molar-refractivity contribution in [2.24, 2.45) is 5.16 Å². The fourth-order valence-electron chi connectivity index (χ4n) is 0.258. The zero-order valence-electron chi connectivity index (χ0n) is 3.35. The zero-order chi connectivity index (χ0) is 5.28. The maximum absolute atomic E-state index is 10.2. The number of ketones is 1. The highest BCUT2D eigenvalue weighted by molar-refractivity contribution is 6.83. The highest BCUT2D eigenvalue weighted by atomic mass is 35.5. The number of oxime groups is 1. The predicted octanol–water partition coefficient (Wildman–Crippen LogP) is 0.138. The van der Waals surface area contributed by atoms with Gasteiger partial charge in [0.1, 0.15) is 0 Å². The SMILES string of the molecule is O=C1CON=C1Cl. The molecule has 0 radical (unpaired) electrons. The van der Waals surface area contributed by atoms with Gasteiger partial charge in [0.25, 0.3) is 0 Å². The smallest absolute Gasteiger partial charge is 0.236 e. The number of nitrogens with zero attached hydrogens (tertiary/aromatic N) is 1. The van der Waals surface area contributed by atoms with E-state index in [1.165, 1.54) is 0 Å². The maximum Gasteiger partial charge on any atom is 0.236 e. The molecule has 0 atom stereocenters. The number of hydrogen-bond acceptors (Lipinski definition) is 3. The van der Waals surface area contributed by atoms with Crippen LogP contribution in [0.1, 0.15) is 0 Å². The first-order valence-electron chi connectivity index (χ1n) is 1.69. The maximum atomic E-state index is 10.2. The molecule has 0 aliphatic carbocycles. The molecule has 1 aliphatic rings. The second-order valence-electron chi connectivity index (χ2n) is 1.08. The third-order valence-corrected chi connectivity index (χ3v) is 0.850. The van der Waals surface area contributed by atoms with Crippen LogP contribution in [0.2, 0.25) is 0 Å². The molecular formula is C3H2ClNO2. The van der Waals surface area contributed by atoms with Crippen molar-refractivity contribution in [1.29, 1.82) is 0 Å². The largest absolute Gasteiger partial charge is 0.386 e. The van der Waals surface area contributed by atoms with E-state index in [1.807, 2.05) is 0 Å². The summed E-state index contributed by atoms with van der Waals surface area (Å²) in [4.78, 5) is 14.5. The fourth-order valence-corrected chi connectivity index (χ4v) is 0.361. The zero-order valence-corrected chi connectivity index (χ0v) is 4.10.